The first-order valence-corrected chi connectivity index (χ1v) is 3.58. The van der Waals surface area contributed by atoms with Crippen molar-refractivity contribution in [1.29, 1.82) is 0 Å². The molecule has 0 bridgehead atoms. The van der Waals surface area contributed by atoms with E-state index in [1.54, 1.807) is 0 Å². The Balaban J connectivity index is 3.08. The Hall–Kier alpha value is 0.690. The van der Waals surface area contributed by atoms with Crippen LogP contribution in [0.15, 0.2) is 4.99 Å². The molecule has 0 aliphatic heterocycles. The fourth-order valence-corrected chi connectivity index (χ4v) is 0.522. The first kappa shape index (κ1) is 7.69. The second-order valence-electron chi connectivity index (χ2n) is 1.12. The lowest BCUT2D eigenvalue weighted by Gasteiger charge is -1.82. The molecule has 0 aliphatic rings. The average Bonchev–Trinajstić information content (AvgIpc) is 1.61. The van der Waals surface area contributed by atoms with Gasteiger partial charge < -0.3 is 0 Å². The van der Waals surface area contributed by atoms with Crippen molar-refractivity contribution in [2.24, 2.45) is 4.99 Å². The van der Waals surface area contributed by atoms with Crippen LogP contribution in [0, 0.1) is 0 Å². The summed E-state index contributed by atoms with van der Waals surface area (Å²) in [5.41, 5.74) is 0. The predicted octanol–water partition coefficient (Wildman–Crippen LogP) is 2.43. The predicted molar refractivity (Wildman–Crippen MR) is 42.5 cm³/mol. The third-order valence-electron chi connectivity index (χ3n) is 0.455. The molecule has 42 valence electrons. The molecule has 0 N–H and O–H groups in total. The van der Waals surface area contributed by atoms with Gasteiger partial charge in [0.15, 0.2) is 3.18 Å². The first-order valence-electron chi connectivity index (χ1n) is 2.12. The summed E-state index contributed by atoms with van der Waals surface area (Å²) in [6.45, 7) is 2.92. The van der Waals surface area contributed by atoms with Gasteiger partial charge in [-0.1, -0.05) is 18.5 Å². The van der Waals surface area contributed by atoms with Crippen molar-refractivity contribution in [1.82, 2.24) is 0 Å². The Kier molecular flexibility index (Phi) is 5.32. The molecule has 0 fully saturated rings. The Morgan fingerprint density at radius 3 is 2.57 bits per heavy atom. The zero-order valence-electron chi connectivity index (χ0n) is 4.12. The van der Waals surface area contributed by atoms with Gasteiger partial charge in [-0.2, -0.15) is 0 Å². The van der Waals surface area contributed by atoms with Crippen LogP contribution >= 0.6 is 34.2 Å². The molecule has 0 saturated heterocycles. The Morgan fingerprint density at radius 1 is 1.86 bits per heavy atom. The summed E-state index contributed by atoms with van der Waals surface area (Å²) >= 11 is 7.37. The molecule has 0 radical (unpaired) electrons. The normalized spacial score (nSPS) is 12.1. The summed E-state index contributed by atoms with van der Waals surface area (Å²) in [6, 6.07) is 0. The molecule has 0 aromatic rings. The average molecular weight is 231 g/mol. The largest absolute Gasteiger partial charge is 0.268 e. The van der Waals surface area contributed by atoms with Gasteiger partial charge in [-0.3, -0.25) is 4.99 Å². The number of rotatable bonds is 2. The second kappa shape index (κ2) is 4.84. The zero-order chi connectivity index (χ0) is 5.70. The van der Waals surface area contributed by atoms with Gasteiger partial charge in [-0.15, -0.1) is 0 Å². The van der Waals surface area contributed by atoms with E-state index >= 15 is 0 Å². The van der Waals surface area contributed by atoms with E-state index in [2.05, 4.69) is 11.9 Å². The number of halogens is 2. The van der Waals surface area contributed by atoms with Gasteiger partial charge in [0.25, 0.3) is 0 Å². The van der Waals surface area contributed by atoms with E-state index in [4.69, 9.17) is 11.6 Å². The van der Waals surface area contributed by atoms with Crippen LogP contribution < -0.4 is 0 Å². The van der Waals surface area contributed by atoms with Crippen molar-refractivity contribution in [3.05, 3.63) is 0 Å². The van der Waals surface area contributed by atoms with E-state index in [-0.39, 0.29) is 0 Å². The number of nitrogens with zero attached hydrogens (tertiary/aromatic N) is 1. The number of aliphatic imine (C=N–C) groups is 1. The van der Waals surface area contributed by atoms with Gasteiger partial charge >= 0.3 is 0 Å². The molecule has 0 heterocycles. The van der Waals surface area contributed by atoms with Crippen LogP contribution in [0.3, 0.4) is 0 Å². The van der Waals surface area contributed by atoms with Crippen molar-refractivity contribution in [3.63, 3.8) is 0 Å². The number of hydrogen-bond acceptors (Lipinski definition) is 1. The molecule has 7 heavy (non-hydrogen) atoms. The molecule has 0 spiro atoms. The summed E-state index contributed by atoms with van der Waals surface area (Å²) in [5.74, 6) is 0. The molecule has 0 rings (SSSR count). The highest BCUT2D eigenvalue weighted by Crippen LogP contribution is 1.95. The van der Waals surface area contributed by atoms with E-state index < -0.39 is 0 Å². The third kappa shape index (κ3) is 6.69. The molecule has 0 atom stereocenters. The molecule has 0 aromatic heterocycles. The van der Waals surface area contributed by atoms with Crippen LogP contribution in [-0.4, -0.2) is 9.72 Å². The second-order valence-corrected chi connectivity index (χ2v) is 3.14. The lowest BCUT2D eigenvalue weighted by molar-refractivity contribution is 0.938. The summed E-state index contributed by atoms with van der Waals surface area (Å²) in [5, 5.41) is 0. The Morgan fingerprint density at radius 2 is 2.43 bits per heavy atom. The van der Waals surface area contributed by atoms with Crippen LogP contribution in [0.25, 0.3) is 0 Å². The maximum atomic E-state index is 5.39. The highest BCUT2D eigenvalue weighted by molar-refractivity contribution is 14.1. The van der Waals surface area contributed by atoms with E-state index in [0.717, 1.165) is 13.0 Å². The fraction of sp³-hybridized carbons (Fsp3) is 0.750. The minimum absolute atomic E-state index is 0.624. The van der Waals surface area contributed by atoms with Crippen LogP contribution in [0.1, 0.15) is 13.3 Å². The van der Waals surface area contributed by atoms with Crippen LogP contribution in [-0.2, 0) is 0 Å². The van der Waals surface area contributed by atoms with E-state index in [1.165, 1.54) is 0 Å². The summed E-state index contributed by atoms with van der Waals surface area (Å²) < 4.78 is 0.624. The Bertz CT molecular complexity index is 68.1. The van der Waals surface area contributed by atoms with Crippen LogP contribution in [0.4, 0.5) is 0 Å². The van der Waals surface area contributed by atoms with Gasteiger partial charge in [-0.05, 0) is 29.0 Å². The van der Waals surface area contributed by atoms with Crippen molar-refractivity contribution in [3.8, 4) is 0 Å². The molecule has 3 heteroatoms. The Labute approximate surface area is 62.3 Å². The molecule has 1 nitrogen and oxygen atoms in total. The standard InChI is InChI=1S/C4H7ClIN/c1-2-3-7-4(5)6/h2-3H2,1H3/b7-4+. The van der Waals surface area contributed by atoms with Crippen molar-refractivity contribution < 1.29 is 0 Å². The molecule has 0 aromatic carbocycles. The first-order chi connectivity index (χ1) is 3.27. The molecule has 0 unspecified atom stereocenters. The zero-order valence-corrected chi connectivity index (χ0v) is 7.03. The SMILES string of the molecule is CCC/N=C(\Cl)I. The quantitative estimate of drug-likeness (QED) is 0.511. The highest BCUT2D eigenvalue weighted by atomic mass is 127. The van der Waals surface area contributed by atoms with Gasteiger partial charge in [0.1, 0.15) is 0 Å². The van der Waals surface area contributed by atoms with Gasteiger partial charge in [-0.25, -0.2) is 0 Å². The smallest absolute Gasteiger partial charge is 0.161 e. The molecule has 0 aliphatic carbocycles. The van der Waals surface area contributed by atoms with Crippen molar-refractivity contribution in [2.45, 2.75) is 13.3 Å². The van der Waals surface area contributed by atoms with Crippen molar-refractivity contribution in [2.75, 3.05) is 6.54 Å². The fourth-order valence-electron chi connectivity index (χ4n) is 0.196. The minimum Gasteiger partial charge on any atom is -0.268 e. The molecule has 0 amide bonds. The molecular weight excluding hydrogens is 224 g/mol. The van der Waals surface area contributed by atoms with Gasteiger partial charge in [0, 0.05) is 6.54 Å². The molecule has 0 saturated carbocycles. The lowest BCUT2D eigenvalue weighted by atomic mass is 10.5. The summed E-state index contributed by atoms with van der Waals surface area (Å²) in [6.07, 6.45) is 1.07. The van der Waals surface area contributed by atoms with E-state index in [0.29, 0.717) is 3.18 Å². The lowest BCUT2D eigenvalue weighted by Crippen LogP contribution is -1.75. The van der Waals surface area contributed by atoms with E-state index in [1.807, 2.05) is 22.6 Å². The topological polar surface area (TPSA) is 12.4 Å². The van der Waals surface area contributed by atoms with Crippen molar-refractivity contribution >= 4 is 37.4 Å². The monoisotopic (exact) mass is 231 g/mol. The van der Waals surface area contributed by atoms with Gasteiger partial charge in [0.05, 0.1) is 0 Å². The summed E-state index contributed by atoms with van der Waals surface area (Å²) in [7, 11) is 0. The van der Waals surface area contributed by atoms with Gasteiger partial charge in [0.2, 0.25) is 0 Å². The van der Waals surface area contributed by atoms with Crippen LogP contribution in [0.2, 0.25) is 0 Å². The van der Waals surface area contributed by atoms with Crippen LogP contribution in [0.5, 0.6) is 0 Å². The summed E-state index contributed by atoms with van der Waals surface area (Å²) in [4.78, 5) is 3.91. The van der Waals surface area contributed by atoms with E-state index in [9.17, 15) is 0 Å². The number of hydrogen-bond donors (Lipinski definition) is 0. The molecular formula is C4H7ClIN. The maximum Gasteiger partial charge on any atom is 0.161 e. The third-order valence-corrected chi connectivity index (χ3v) is 0.916. The minimum atomic E-state index is 0.624. The highest BCUT2D eigenvalue weighted by Gasteiger charge is 1.78. The maximum absolute atomic E-state index is 5.39.